The Morgan fingerprint density at radius 1 is 0.956 bits per heavy atom. The van der Waals surface area contributed by atoms with E-state index in [-0.39, 0.29) is 34.1 Å². The van der Waals surface area contributed by atoms with Gasteiger partial charge in [0.25, 0.3) is 13.0 Å². The van der Waals surface area contributed by atoms with Crippen molar-refractivity contribution in [3.8, 4) is 0 Å². The second-order valence-corrected chi connectivity index (χ2v) is 14.3. The number of rotatable bonds is 2. The van der Waals surface area contributed by atoms with E-state index in [4.69, 9.17) is 58.4 Å². The third-order valence-corrected chi connectivity index (χ3v) is 9.84. The van der Waals surface area contributed by atoms with Gasteiger partial charge >= 0.3 is 0 Å². The third kappa shape index (κ3) is 5.45. The minimum absolute atomic E-state index is 0.0266. The lowest BCUT2D eigenvalue weighted by Gasteiger charge is -2.35. The zero-order valence-electron chi connectivity index (χ0n) is 22.4. The van der Waals surface area contributed by atoms with Crippen LogP contribution in [-0.4, -0.2) is 96.6 Å². The van der Waals surface area contributed by atoms with Gasteiger partial charge in [-0.3, -0.25) is 23.5 Å². The summed E-state index contributed by atoms with van der Waals surface area (Å²) in [6.07, 6.45) is -10.3. The maximum Gasteiger partial charge on any atom is 0.280 e. The number of aromatic nitrogens is 8. The number of aromatic amines is 1. The van der Waals surface area contributed by atoms with E-state index in [0.717, 1.165) is 17.2 Å². The number of hydrogen-bond donors (Lipinski definition) is 3. The maximum atomic E-state index is 16.0. The summed E-state index contributed by atoms with van der Waals surface area (Å²) in [5, 5.41) is 0. The van der Waals surface area contributed by atoms with Crippen LogP contribution in [-0.2, 0) is 43.9 Å². The monoisotopic (exact) mass is 687 g/mol. The number of nitrogens with zero attached hydrogens (tertiary/aromatic N) is 7. The summed E-state index contributed by atoms with van der Waals surface area (Å²) < 4.78 is 80.3. The number of hydrogen-bond acceptors (Lipinski definition) is 17. The van der Waals surface area contributed by atoms with E-state index in [2.05, 4.69) is 29.9 Å². The van der Waals surface area contributed by atoms with Crippen molar-refractivity contribution in [3.63, 3.8) is 0 Å². The molecule has 0 aromatic carbocycles. The highest BCUT2D eigenvalue weighted by Crippen LogP contribution is 2.53. The Labute approximate surface area is 255 Å². The van der Waals surface area contributed by atoms with Crippen molar-refractivity contribution in [1.29, 1.82) is 0 Å². The minimum Gasteiger partial charge on any atom is -0.780 e. The van der Waals surface area contributed by atoms with Crippen LogP contribution in [0.4, 0.5) is 20.5 Å². The predicted molar refractivity (Wildman–Crippen MR) is 149 cm³/mol. The number of nitrogens with two attached hydrogens (primary N) is 2. The van der Waals surface area contributed by atoms with Crippen LogP contribution in [0.1, 0.15) is 12.5 Å². The second-order valence-electron chi connectivity index (χ2n) is 10.1. The van der Waals surface area contributed by atoms with Crippen LogP contribution in [0.15, 0.2) is 23.8 Å². The molecule has 3 saturated heterocycles. The SMILES string of the molecule is [B][P@]1(=O)OC[C@H]2O[C@@H](n3cnc4c(=O)[nH]c(N)nc43)[C@@H](F)C2OP([O-])(=S)OC[C@H]2O[C@@H](n3cnc4c(N)ncnc43)[C@@H](F)C2O1. The van der Waals surface area contributed by atoms with Gasteiger partial charge in [0, 0.05) is 0 Å². The smallest absolute Gasteiger partial charge is 0.280 e. The van der Waals surface area contributed by atoms with E-state index >= 15 is 8.78 Å². The molecule has 3 aliphatic heterocycles. The fourth-order valence-corrected chi connectivity index (χ4v) is 7.69. The molecular formula is C20H20BF2N10O9P2S-. The summed E-state index contributed by atoms with van der Waals surface area (Å²) in [7, 11) is 1.18. The van der Waals surface area contributed by atoms with E-state index in [0.29, 0.717) is 0 Å². The van der Waals surface area contributed by atoms with Gasteiger partial charge in [-0.05, 0) is 0 Å². The molecule has 0 bridgehead atoms. The highest BCUT2D eigenvalue weighted by molar-refractivity contribution is 8.06. The molecule has 4 aromatic rings. The molecule has 45 heavy (non-hydrogen) atoms. The number of nitrogens with one attached hydrogen (secondary N) is 1. The van der Waals surface area contributed by atoms with E-state index in [9.17, 15) is 14.3 Å². The molecule has 10 atom stereocenters. The Balaban J connectivity index is 1.17. The molecule has 7 heterocycles. The van der Waals surface area contributed by atoms with Crippen molar-refractivity contribution in [3.05, 3.63) is 29.3 Å². The van der Waals surface area contributed by atoms with Gasteiger partial charge in [0.05, 0.1) is 25.9 Å². The number of anilines is 2. The number of fused-ring (bicyclic) bond motifs is 4. The number of halogens is 2. The number of ether oxygens (including phenoxy) is 2. The van der Waals surface area contributed by atoms with Gasteiger partial charge in [0.1, 0.15) is 43.0 Å². The van der Waals surface area contributed by atoms with Crippen molar-refractivity contribution < 1.29 is 45.8 Å². The van der Waals surface area contributed by atoms with Gasteiger partial charge in [-0.15, -0.1) is 0 Å². The van der Waals surface area contributed by atoms with Gasteiger partial charge in [-0.25, -0.2) is 28.7 Å². The van der Waals surface area contributed by atoms with Crippen LogP contribution in [0.2, 0.25) is 0 Å². The molecule has 3 fully saturated rings. The molecule has 0 saturated carbocycles. The Morgan fingerprint density at radius 3 is 2.24 bits per heavy atom. The maximum absolute atomic E-state index is 16.0. The van der Waals surface area contributed by atoms with Gasteiger partial charge in [0.2, 0.25) is 13.5 Å². The van der Waals surface area contributed by atoms with Crippen molar-refractivity contribution in [1.82, 2.24) is 39.0 Å². The first-order chi connectivity index (χ1) is 21.3. The molecule has 7 rings (SSSR count). The van der Waals surface area contributed by atoms with Gasteiger partial charge < -0.3 is 43.9 Å². The van der Waals surface area contributed by atoms with Crippen LogP contribution in [0.25, 0.3) is 22.3 Å². The first-order valence-electron chi connectivity index (χ1n) is 12.9. The summed E-state index contributed by atoms with van der Waals surface area (Å²) >= 11 is 5.01. The lowest BCUT2D eigenvalue weighted by Crippen LogP contribution is -2.38. The highest BCUT2D eigenvalue weighted by Gasteiger charge is 2.53. The molecule has 19 nitrogen and oxygen atoms in total. The summed E-state index contributed by atoms with van der Waals surface area (Å²) in [6, 6.07) is 0. The van der Waals surface area contributed by atoms with Gasteiger partial charge in [-0.1, -0.05) is 11.8 Å². The van der Waals surface area contributed by atoms with Crippen molar-refractivity contribution in [2.75, 3.05) is 24.7 Å². The summed E-state index contributed by atoms with van der Waals surface area (Å²) in [5.41, 5.74) is 10.7. The molecule has 0 amide bonds. The van der Waals surface area contributed by atoms with E-state index in [1.807, 2.05) is 0 Å². The van der Waals surface area contributed by atoms with Crippen LogP contribution in [0.5, 0.6) is 0 Å². The summed E-state index contributed by atoms with van der Waals surface area (Å²) in [6.45, 7) is -6.06. The number of imidazole rings is 2. The fourth-order valence-electron chi connectivity index (χ4n) is 5.26. The Morgan fingerprint density at radius 2 is 1.56 bits per heavy atom. The second kappa shape index (κ2) is 11.1. The minimum atomic E-state index is -4.63. The van der Waals surface area contributed by atoms with Crippen LogP contribution < -0.4 is 21.9 Å². The molecule has 4 aromatic heterocycles. The Hall–Kier alpha value is -2.98. The molecule has 5 N–H and O–H groups in total. The Kier molecular flexibility index (Phi) is 7.55. The Bertz CT molecular complexity index is 1950. The van der Waals surface area contributed by atoms with Crippen LogP contribution in [0, 0.1) is 0 Å². The number of H-pyrrole nitrogens is 1. The van der Waals surface area contributed by atoms with E-state index in [1.54, 1.807) is 0 Å². The predicted octanol–water partition coefficient (Wildman–Crippen LogP) is -0.726. The molecule has 0 spiro atoms. The van der Waals surface area contributed by atoms with Crippen molar-refractivity contribution >= 4 is 67.7 Å². The molecule has 0 aliphatic carbocycles. The highest BCUT2D eigenvalue weighted by atomic mass is 32.5. The van der Waals surface area contributed by atoms with Crippen molar-refractivity contribution in [2.45, 2.75) is 49.2 Å². The first-order valence-corrected chi connectivity index (χ1v) is 17.1. The molecule has 3 aliphatic rings. The molecule has 3 unspecified atom stereocenters. The quantitative estimate of drug-likeness (QED) is 0.173. The average molecular weight is 687 g/mol. The van der Waals surface area contributed by atoms with Crippen molar-refractivity contribution in [2.24, 2.45) is 0 Å². The molecule has 25 heteroatoms. The topological polar surface area (TPSA) is 255 Å². The largest absolute Gasteiger partial charge is 0.780 e. The number of nitrogen functional groups attached to an aromatic ring is 2. The first kappa shape index (κ1) is 30.7. The zero-order valence-corrected chi connectivity index (χ0v) is 25.0. The number of alkyl halides is 2. The fraction of sp³-hybridized carbons (Fsp3) is 0.500. The molecular weight excluding hydrogens is 667 g/mol. The average Bonchev–Trinajstić information content (AvgIpc) is 3.72. The standard InChI is InChI=1S/C20H21BF2N10O9P2S/c21-43(35)37-1-6-13(9(23)19(39-6)33-5-29-11-16(33)30-20(25)31-17(11)34)42-44(36,45)38-2-7-12(41-43)8(22)18(40-7)32-4-28-10-14(24)26-3-27-15(10)32/h3-9,12-13,18-19H,1-2H2,(H,36,45)(H2,24,26,27)(H3,25,30,31,34)/p-1/t6-,7-,8+,9+,12?,13?,18-,19-,43+,44?/m1/s1. The van der Waals surface area contributed by atoms with Crippen LogP contribution in [0.3, 0.4) is 0 Å². The molecule has 238 valence electrons. The van der Waals surface area contributed by atoms with E-state index in [1.165, 1.54) is 10.9 Å². The summed E-state index contributed by atoms with van der Waals surface area (Å²) in [4.78, 5) is 47.6. The zero-order chi connectivity index (χ0) is 31.8. The van der Waals surface area contributed by atoms with E-state index < -0.39 is 82.2 Å². The normalized spacial score (nSPS) is 37.7. The van der Waals surface area contributed by atoms with Gasteiger partial charge in [-0.2, -0.15) is 4.98 Å². The van der Waals surface area contributed by atoms with Gasteiger partial charge in [0.15, 0.2) is 47.4 Å². The summed E-state index contributed by atoms with van der Waals surface area (Å²) in [5.74, 6) is -0.253. The third-order valence-electron chi connectivity index (χ3n) is 7.25. The lowest BCUT2D eigenvalue weighted by molar-refractivity contribution is -0.217. The lowest BCUT2D eigenvalue weighted by atomic mass is 10.1. The van der Waals surface area contributed by atoms with Crippen LogP contribution >= 0.6 is 14.2 Å². The molecule has 2 radical (unpaired) electrons.